The third-order valence-corrected chi connectivity index (χ3v) is 22.0. The van der Waals surface area contributed by atoms with Gasteiger partial charge in [-0.25, -0.2) is 48.0 Å². The summed E-state index contributed by atoms with van der Waals surface area (Å²) in [6.07, 6.45) is 0.887. The van der Waals surface area contributed by atoms with E-state index in [1.807, 2.05) is 0 Å². The zero-order chi connectivity index (χ0) is 60.1. The summed E-state index contributed by atoms with van der Waals surface area (Å²) in [5.41, 5.74) is -2.78. The monoisotopic (exact) mass is 1230 g/mol. The maximum absolute atomic E-state index is 13.8. The molecule has 0 spiro atoms. The van der Waals surface area contributed by atoms with Crippen molar-refractivity contribution in [2.24, 2.45) is 29.1 Å². The lowest BCUT2D eigenvalue weighted by Gasteiger charge is -2.43. The minimum Gasteiger partial charge on any atom is -0.393 e. The van der Waals surface area contributed by atoms with Crippen LogP contribution in [0.25, 0.3) is 0 Å². The van der Waals surface area contributed by atoms with E-state index < -0.39 is 124 Å². The normalized spacial score (nSPS) is 26.4. The third kappa shape index (κ3) is 13.3. The molecule has 11 atom stereocenters. The van der Waals surface area contributed by atoms with Gasteiger partial charge in [-0.2, -0.15) is 0 Å². The molecule has 5 aliphatic rings. The molecule has 16 nitrogen and oxygen atoms in total. The molecule has 0 radical (unpaired) electrons. The molecule has 4 amide bonds. The maximum Gasteiger partial charge on any atom is 0.317 e. The molecule has 446 valence electrons. The van der Waals surface area contributed by atoms with Crippen LogP contribution in [0.1, 0.15) is 112 Å². The molecular formula is C56H62Cl2F6N4O12S2. The highest BCUT2D eigenvalue weighted by atomic mass is 35.5. The van der Waals surface area contributed by atoms with Crippen LogP contribution < -0.4 is 16.0 Å². The Morgan fingerprint density at radius 3 is 1.46 bits per heavy atom. The Bertz CT molecular complexity index is 3310. The molecule has 7 N–H and O–H groups in total. The van der Waals surface area contributed by atoms with E-state index in [1.54, 1.807) is 20.8 Å². The van der Waals surface area contributed by atoms with Crippen molar-refractivity contribution in [1.29, 1.82) is 0 Å². The number of nitrogens with one attached hydrogen (secondary N) is 3. The number of halogens is 8. The lowest BCUT2D eigenvalue weighted by atomic mass is 9.71. The molecule has 4 saturated carbocycles. The Hall–Kier alpha value is -5.34. The number of sulfone groups is 2. The summed E-state index contributed by atoms with van der Waals surface area (Å²) in [5, 5.41) is 47.2. The van der Waals surface area contributed by atoms with Crippen LogP contribution in [0.2, 0.25) is 10.0 Å². The number of nitrogens with zero attached hydrogens (tertiary/aromatic N) is 1. The number of amides is 4. The Morgan fingerprint density at radius 1 is 0.659 bits per heavy atom. The first-order valence-electron chi connectivity index (χ1n) is 26.6. The van der Waals surface area contributed by atoms with Crippen LogP contribution in [0.5, 0.6) is 0 Å². The average Bonchev–Trinajstić information content (AvgIpc) is 2.66. The average molecular weight is 1230 g/mol. The van der Waals surface area contributed by atoms with E-state index >= 15 is 0 Å². The van der Waals surface area contributed by atoms with E-state index in [1.165, 1.54) is 29.2 Å². The van der Waals surface area contributed by atoms with E-state index in [0.717, 1.165) is 12.1 Å². The van der Waals surface area contributed by atoms with Crippen molar-refractivity contribution in [1.82, 2.24) is 10.2 Å². The van der Waals surface area contributed by atoms with Gasteiger partial charge in [-0.3, -0.25) is 14.4 Å². The Labute approximate surface area is 479 Å². The highest BCUT2D eigenvalue weighted by Crippen LogP contribution is 2.54. The third-order valence-electron chi connectivity index (χ3n) is 16.7. The first-order chi connectivity index (χ1) is 38.3. The number of anilines is 2. The van der Waals surface area contributed by atoms with Gasteiger partial charge in [0.05, 0.1) is 67.3 Å². The van der Waals surface area contributed by atoms with Gasteiger partial charge >= 0.3 is 6.03 Å². The molecular weight excluding hydrogens is 1170 g/mol. The molecule has 1 heterocycles. The molecule has 26 heteroatoms. The number of Topliss-reactive ketones (excluding diaryl/α,β-unsaturated/α-hetero) is 1. The summed E-state index contributed by atoms with van der Waals surface area (Å²) in [6, 6.07) is 8.91. The second-order valence-electron chi connectivity index (χ2n) is 23.1. The van der Waals surface area contributed by atoms with Crippen molar-refractivity contribution < 1.29 is 82.8 Å². The van der Waals surface area contributed by atoms with Gasteiger partial charge < -0.3 is 41.3 Å². The maximum atomic E-state index is 13.8. The van der Waals surface area contributed by atoms with Gasteiger partial charge in [-0.05, 0) is 118 Å². The van der Waals surface area contributed by atoms with E-state index in [9.17, 15) is 82.8 Å². The van der Waals surface area contributed by atoms with Gasteiger partial charge in [0.2, 0.25) is 0 Å². The summed E-state index contributed by atoms with van der Waals surface area (Å²) in [4.78, 5) is 51.3. The van der Waals surface area contributed by atoms with E-state index in [0.29, 0.717) is 49.9 Å². The van der Waals surface area contributed by atoms with Crippen molar-refractivity contribution >= 4 is 77.9 Å². The van der Waals surface area contributed by atoms with Crippen molar-refractivity contribution in [3.8, 4) is 0 Å². The van der Waals surface area contributed by atoms with Crippen LogP contribution in [0.4, 0.5) is 42.5 Å². The van der Waals surface area contributed by atoms with Crippen LogP contribution in [0, 0.1) is 64.0 Å². The highest BCUT2D eigenvalue weighted by Gasteiger charge is 2.56. The molecule has 9 unspecified atom stereocenters. The topological polar surface area (TPSA) is 257 Å². The summed E-state index contributed by atoms with van der Waals surface area (Å²) in [5.74, 6) is -12.1. The van der Waals surface area contributed by atoms with E-state index in [2.05, 4.69) is 16.0 Å². The lowest BCUT2D eigenvalue weighted by molar-refractivity contribution is -0.127. The van der Waals surface area contributed by atoms with E-state index in [-0.39, 0.29) is 124 Å². The molecule has 4 aromatic rings. The number of carbonyl (C=O) groups is 4. The van der Waals surface area contributed by atoms with Crippen LogP contribution in [-0.4, -0.2) is 119 Å². The van der Waals surface area contributed by atoms with Crippen molar-refractivity contribution in [2.45, 2.75) is 142 Å². The zero-order valence-electron chi connectivity index (χ0n) is 44.6. The van der Waals surface area contributed by atoms with Gasteiger partial charge in [-0.15, -0.1) is 0 Å². The number of likely N-dealkylation sites (tertiary alicyclic amines) is 1. The van der Waals surface area contributed by atoms with Gasteiger partial charge in [0.1, 0.15) is 5.78 Å². The SMILES string of the molecule is CC(C)(C)C(=O)CCC(O)CC1(O)C2CC[C@H]1CC(S(=O)(=O)c1cc(C(=O)Nc3cc(F)c(F)c(F)c3)ccc1Cl)C2.O=C(Nc1cc(F)c(F)c(F)c1)c1ccc(Cl)c(S(=O)(=O)C2CC3CC[C@@H](C2)C3NC(=O)N2CC(O)C(O)C2)c1. The minimum absolute atomic E-state index is 0.0103. The minimum atomic E-state index is -4.08. The second-order valence-corrected chi connectivity index (χ2v) is 28.3. The molecule has 4 aromatic carbocycles. The number of rotatable bonds is 14. The first-order valence-corrected chi connectivity index (χ1v) is 30.5. The quantitative estimate of drug-likeness (QED) is 0.0461. The Morgan fingerprint density at radius 2 is 1.06 bits per heavy atom. The molecule has 5 fully saturated rings. The number of aliphatic hydroxyl groups is 4. The summed E-state index contributed by atoms with van der Waals surface area (Å²) < 4.78 is 136. The van der Waals surface area contributed by atoms with Crippen LogP contribution in [0.3, 0.4) is 0 Å². The zero-order valence-corrected chi connectivity index (χ0v) is 47.7. The number of hydrogen-bond acceptors (Lipinski definition) is 12. The fourth-order valence-electron chi connectivity index (χ4n) is 12.2. The standard InChI is InChI=1S/C30H35ClF3NO6S.C26H27ClF3N3O6S/c1-29(2,3)26(37)9-7-20(36)15-30(39)17-5-6-18(30)12-21(11-17)42(40,41)25-10-16(4-8-22(25)31)28(38)35-19-13-23(32)27(34)24(33)14-19;27-17-4-3-14(25(36)31-15-8-18(28)23(30)19(29)9-15)7-22(17)40(38,39)16-5-12-1-2-13(6-16)24(12)32-26(37)33-10-20(34)21(35)11-33/h4,8,10,13-14,17-18,20-21,36,39H,5-7,9,11-12,15H2,1-3H3,(H,35,38);3-4,7-9,12-13,16,20-21,24,34-35H,1-2,5-6,10-11H2,(H,31,36)(H,32,37)/t17-,18?,20?,21?,30?;12-,13?,16?,20?,21?,24?/m00/s1. The molecule has 4 bridgehead atoms. The number of hydrogen-bond donors (Lipinski definition) is 7. The fourth-order valence-corrected chi connectivity index (χ4v) is 17.1. The Balaban J connectivity index is 0.000000215. The molecule has 1 aliphatic heterocycles. The van der Waals surface area contributed by atoms with Crippen molar-refractivity contribution in [3.05, 3.63) is 117 Å². The fraction of sp³-hybridized carbons (Fsp3) is 0.500. The molecule has 82 heavy (non-hydrogen) atoms. The van der Waals surface area contributed by atoms with Gasteiger partial charge in [0, 0.05) is 71.1 Å². The number of benzene rings is 4. The number of urea groups is 1. The highest BCUT2D eigenvalue weighted by molar-refractivity contribution is 7.92. The van der Waals surface area contributed by atoms with Gasteiger partial charge in [0.25, 0.3) is 11.8 Å². The van der Waals surface area contributed by atoms with Crippen LogP contribution >= 0.6 is 23.2 Å². The lowest BCUT2D eigenvalue weighted by Crippen LogP contribution is -2.51. The number of β-amino-alcohol motifs (C(OH)–C–C–N with tert-alkyl or cyclic N) is 2. The van der Waals surface area contributed by atoms with Crippen molar-refractivity contribution in [2.75, 3.05) is 23.7 Å². The van der Waals surface area contributed by atoms with Crippen LogP contribution in [-0.2, 0) is 24.5 Å². The number of carbonyl (C=O) groups excluding carboxylic acids is 4. The summed E-state index contributed by atoms with van der Waals surface area (Å²) >= 11 is 12.5. The van der Waals surface area contributed by atoms with Crippen molar-refractivity contribution in [3.63, 3.8) is 0 Å². The summed E-state index contributed by atoms with van der Waals surface area (Å²) in [7, 11) is -8.10. The first kappa shape index (κ1) is 62.7. The molecule has 1 saturated heterocycles. The smallest absolute Gasteiger partial charge is 0.317 e. The van der Waals surface area contributed by atoms with E-state index in [4.69, 9.17) is 23.2 Å². The number of fused-ring (bicyclic) bond motifs is 4. The van der Waals surface area contributed by atoms with Gasteiger partial charge in [0.15, 0.2) is 54.6 Å². The number of aliphatic hydroxyl groups excluding tert-OH is 3. The Kier molecular flexibility index (Phi) is 18.6. The largest absolute Gasteiger partial charge is 0.393 e. The summed E-state index contributed by atoms with van der Waals surface area (Å²) in [6.45, 7) is 5.44. The van der Waals surface area contributed by atoms with Crippen LogP contribution in [0.15, 0.2) is 70.5 Å². The predicted molar refractivity (Wildman–Crippen MR) is 289 cm³/mol. The molecule has 0 aromatic heterocycles. The predicted octanol–water partition coefficient (Wildman–Crippen LogP) is 8.94. The molecule has 4 aliphatic carbocycles. The second kappa shape index (κ2) is 24.3. The number of ketones is 1. The van der Waals surface area contributed by atoms with Gasteiger partial charge in [-0.1, -0.05) is 44.0 Å². The molecule has 9 rings (SSSR count).